The summed E-state index contributed by atoms with van der Waals surface area (Å²) in [7, 11) is 0. The highest BCUT2D eigenvalue weighted by Gasteiger charge is 2.28. The molecule has 0 atom stereocenters. The van der Waals surface area contributed by atoms with E-state index in [1.165, 1.54) is 18.2 Å². The van der Waals surface area contributed by atoms with Crippen LogP contribution in [-0.4, -0.2) is 28.5 Å². The van der Waals surface area contributed by atoms with Gasteiger partial charge in [0.25, 0.3) is 11.6 Å². The number of benzene rings is 2. The van der Waals surface area contributed by atoms with Crippen LogP contribution < -0.4 is 15.0 Å². The van der Waals surface area contributed by atoms with Gasteiger partial charge in [-0.25, -0.2) is 0 Å². The van der Waals surface area contributed by atoms with Crippen molar-refractivity contribution in [3.05, 3.63) is 81.2 Å². The minimum atomic E-state index is -0.486. The SMILES string of the molecule is Cc1noc(C)c1CN1C(=O)COc2ccc(NC(=O)/C=C/c3ccc([N+](=O)[O-])cc3)cc21. The first-order chi connectivity index (χ1) is 15.8. The minimum absolute atomic E-state index is 0.0245. The molecule has 0 fully saturated rings. The van der Waals surface area contributed by atoms with Gasteiger partial charge in [-0.3, -0.25) is 19.7 Å². The summed E-state index contributed by atoms with van der Waals surface area (Å²) >= 11 is 0. The first-order valence-corrected chi connectivity index (χ1v) is 10.0. The van der Waals surface area contributed by atoms with Crippen LogP contribution in [0.15, 0.2) is 53.1 Å². The van der Waals surface area contributed by atoms with Crippen LogP contribution in [-0.2, 0) is 16.1 Å². The number of fused-ring (bicyclic) bond motifs is 1. The Morgan fingerprint density at radius 3 is 2.67 bits per heavy atom. The first kappa shape index (κ1) is 21.8. The summed E-state index contributed by atoms with van der Waals surface area (Å²) in [4.78, 5) is 36.8. The normalized spacial score (nSPS) is 13.0. The van der Waals surface area contributed by atoms with E-state index in [4.69, 9.17) is 9.26 Å². The molecule has 2 heterocycles. The molecule has 10 heteroatoms. The van der Waals surface area contributed by atoms with Crippen molar-refractivity contribution in [2.45, 2.75) is 20.4 Å². The molecule has 0 aliphatic carbocycles. The molecule has 1 aliphatic heterocycles. The van der Waals surface area contributed by atoms with Gasteiger partial charge in [0.05, 0.1) is 22.8 Å². The van der Waals surface area contributed by atoms with Crippen LogP contribution in [0.5, 0.6) is 5.75 Å². The van der Waals surface area contributed by atoms with Gasteiger partial charge in [-0.05, 0) is 55.8 Å². The minimum Gasteiger partial charge on any atom is -0.482 e. The van der Waals surface area contributed by atoms with Gasteiger partial charge in [-0.1, -0.05) is 5.16 Å². The molecule has 2 amide bonds. The molecular formula is C23H20N4O6. The van der Waals surface area contributed by atoms with E-state index in [0.29, 0.717) is 34.1 Å². The number of carbonyl (C=O) groups excluding carboxylic acids is 2. The van der Waals surface area contributed by atoms with Gasteiger partial charge in [0.15, 0.2) is 6.61 Å². The van der Waals surface area contributed by atoms with Crippen LogP contribution in [0, 0.1) is 24.0 Å². The van der Waals surface area contributed by atoms with E-state index in [2.05, 4.69) is 10.5 Å². The molecule has 0 bridgehead atoms. The number of nitrogens with one attached hydrogen (secondary N) is 1. The van der Waals surface area contributed by atoms with Crippen molar-refractivity contribution in [2.24, 2.45) is 0 Å². The predicted octanol–water partition coefficient (Wildman–Crippen LogP) is 3.78. The Morgan fingerprint density at radius 1 is 1.24 bits per heavy atom. The van der Waals surface area contributed by atoms with Crippen LogP contribution in [0.3, 0.4) is 0 Å². The second kappa shape index (κ2) is 8.95. The highest BCUT2D eigenvalue weighted by atomic mass is 16.6. The fourth-order valence-corrected chi connectivity index (χ4v) is 3.40. The summed E-state index contributed by atoms with van der Waals surface area (Å²) in [6, 6.07) is 10.9. The van der Waals surface area contributed by atoms with Gasteiger partial charge in [0, 0.05) is 29.5 Å². The first-order valence-electron chi connectivity index (χ1n) is 10.0. The van der Waals surface area contributed by atoms with Crippen molar-refractivity contribution in [3.63, 3.8) is 0 Å². The molecule has 0 radical (unpaired) electrons. The number of aryl methyl sites for hydroxylation is 2. The van der Waals surface area contributed by atoms with Crippen LogP contribution in [0.25, 0.3) is 6.08 Å². The second-order valence-electron chi connectivity index (χ2n) is 7.43. The Bertz CT molecular complexity index is 1240. The van der Waals surface area contributed by atoms with E-state index in [0.717, 1.165) is 5.56 Å². The molecule has 10 nitrogen and oxygen atoms in total. The Labute approximate surface area is 188 Å². The van der Waals surface area contributed by atoms with Gasteiger partial charge >= 0.3 is 0 Å². The van der Waals surface area contributed by atoms with Crippen molar-refractivity contribution in [1.29, 1.82) is 0 Å². The second-order valence-corrected chi connectivity index (χ2v) is 7.43. The lowest BCUT2D eigenvalue weighted by Gasteiger charge is -2.29. The largest absolute Gasteiger partial charge is 0.482 e. The number of nitro benzene ring substituents is 1. The molecule has 0 spiro atoms. The Hall–Kier alpha value is -4.47. The van der Waals surface area contributed by atoms with Gasteiger partial charge in [-0.2, -0.15) is 0 Å². The smallest absolute Gasteiger partial charge is 0.269 e. The summed E-state index contributed by atoms with van der Waals surface area (Å²) in [5.41, 5.74) is 3.15. The third-order valence-corrected chi connectivity index (χ3v) is 5.20. The zero-order chi connectivity index (χ0) is 23.5. The lowest BCUT2D eigenvalue weighted by molar-refractivity contribution is -0.384. The Morgan fingerprint density at radius 2 is 2.00 bits per heavy atom. The average molecular weight is 448 g/mol. The number of anilines is 2. The highest BCUT2D eigenvalue weighted by molar-refractivity contribution is 6.03. The number of non-ortho nitro benzene ring substituents is 1. The molecule has 1 aliphatic rings. The van der Waals surface area contributed by atoms with Crippen LogP contribution >= 0.6 is 0 Å². The predicted molar refractivity (Wildman–Crippen MR) is 120 cm³/mol. The monoisotopic (exact) mass is 448 g/mol. The van der Waals surface area contributed by atoms with Crippen LogP contribution in [0.1, 0.15) is 22.6 Å². The van der Waals surface area contributed by atoms with Crippen LogP contribution in [0.4, 0.5) is 17.1 Å². The fraction of sp³-hybridized carbons (Fsp3) is 0.174. The molecule has 0 saturated carbocycles. The third kappa shape index (κ3) is 4.74. The van der Waals surface area contributed by atoms with Crippen molar-refractivity contribution in [1.82, 2.24) is 5.16 Å². The number of aromatic nitrogens is 1. The van der Waals surface area contributed by atoms with E-state index in [-0.39, 0.29) is 24.7 Å². The number of amides is 2. The van der Waals surface area contributed by atoms with E-state index in [9.17, 15) is 19.7 Å². The van der Waals surface area contributed by atoms with E-state index in [1.807, 2.05) is 6.92 Å². The third-order valence-electron chi connectivity index (χ3n) is 5.20. The number of carbonyl (C=O) groups is 2. The summed E-state index contributed by atoms with van der Waals surface area (Å²) in [6.07, 6.45) is 2.87. The summed E-state index contributed by atoms with van der Waals surface area (Å²) in [6.45, 7) is 3.79. The van der Waals surface area contributed by atoms with Crippen molar-refractivity contribution >= 4 is 35.0 Å². The quantitative estimate of drug-likeness (QED) is 0.345. The zero-order valence-corrected chi connectivity index (χ0v) is 17.9. The molecule has 2 aromatic carbocycles. The molecule has 4 rings (SSSR count). The summed E-state index contributed by atoms with van der Waals surface area (Å²) < 4.78 is 10.7. The maximum atomic E-state index is 12.6. The van der Waals surface area contributed by atoms with Gasteiger partial charge < -0.3 is 19.5 Å². The maximum Gasteiger partial charge on any atom is 0.269 e. The van der Waals surface area contributed by atoms with E-state index >= 15 is 0 Å². The van der Waals surface area contributed by atoms with E-state index < -0.39 is 10.8 Å². The fourth-order valence-electron chi connectivity index (χ4n) is 3.40. The van der Waals surface area contributed by atoms with Crippen LogP contribution in [0.2, 0.25) is 0 Å². The molecular weight excluding hydrogens is 428 g/mol. The van der Waals surface area contributed by atoms with E-state index in [1.54, 1.807) is 48.2 Å². The molecule has 33 heavy (non-hydrogen) atoms. The summed E-state index contributed by atoms with van der Waals surface area (Å²) in [5, 5.41) is 17.4. The van der Waals surface area contributed by atoms with Gasteiger partial charge in [-0.15, -0.1) is 0 Å². The number of nitrogens with zero attached hydrogens (tertiary/aromatic N) is 3. The van der Waals surface area contributed by atoms with Gasteiger partial charge in [0.2, 0.25) is 5.91 Å². The number of hydrogen-bond acceptors (Lipinski definition) is 7. The molecule has 1 aromatic heterocycles. The molecule has 3 aromatic rings. The molecule has 168 valence electrons. The number of rotatable bonds is 6. The molecule has 0 saturated heterocycles. The van der Waals surface area contributed by atoms with Crippen molar-refractivity contribution in [2.75, 3.05) is 16.8 Å². The number of nitro groups is 1. The standard InChI is InChI=1S/C23H20N4O6/c1-14-19(15(2)33-25-14)12-26-20-11-17(6-9-21(20)32-13-23(26)29)24-22(28)10-5-16-3-7-18(8-4-16)27(30)31/h3-11H,12-13H2,1-2H3,(H,24,28)/b10-5+. The summed E-state index contributed by atoms with van der Waals surface area (Å²) in [5.74, 6) is 0.549. The van der Waals surface area contributed by atoms with Crippen molar-refractivity contribution in [3.8, 4) is 5.75 Å². The Kier molecular flexibility index (Phi) is 5.90. The van der Waals surface area contributed by atoms with Gasteiger partial charge in [0.1, 0.15) is 11.5 Å². The lowest BCUT2D eigenvalue weighted by atomic mass is 10.1. The maximum absolute atomic E-state index is 12.6. The zero-order valence-electron chi connectivity index (χ0n) is 17.9. The highest BCUT2D eigenvalue weighted by Crippen LogP contribution is 2.36. The molecule has 0 unspecified atom stereocenters. The topological polar surface area (TPSA) is 128 Å². The molecule has 1 N–H and O–H groups in total. The number of ether oxygens (including phenoxy) is 1. The average Bonchev–Trinajstić information content (AvgIpc) is 3.12. The van der Waals surface area contributed by atoms with Crippen molar-refractivity contribution < 1.29 is 23.8 Å². The number of hydrogen-bond donors (Lipinski definition) is 1. The lowest BCUT2D eigenvalue weighted by Crippen LogP contribution is -2.38. The Balaban J connectivity index is 1.50.